The van der Waals surface area contributed by atoms with Crippen molar-refractivity contribution in [3.63, 3.8) is 0 Å². The highest BCUT2D eigenvalue weighted by Crippen LogP contribution is 2.36. The molecule has 2 nitrogen and oxygen atoms in total. The first kappa shape index (κ1) is 15.8. The predicted octanol–water partition coefficient (Wildman–Crippen LogP) is 4.78. The molecule has 1 unspecified atom stereocenters. The number of nitrogens with zero attached hydrogens (tertiary/aromatic N) is 1. The molecule has 1 aliphatic rings. The first-order valence-electron chi connectivity index (χ1n) is 7.94. The summed E-state index contributed by atoms with van der Waals surface area (Å²) < 4.78 is 0. The van der Waals surface area contributed by atoms with Gasteiger partial charge in [0.15, 0.2) is 0 Å². The minimum Gasteiger partial charge on any atom is -0.331 e. The summed E-state index contributed by atoms with van der Waals surface area (Å²) in [6.45, 7) is 4.47. The van der Waals surface area contributed by atoms with Crippen LogP contribution in [0.5, 0.6) is 0 Å². The average Bonchev–Trinajstić information content (AvgIpc) is 2.59. The Morgan fingerprint density at radius 3 is 2.70 bits per heavy atom. The van der Waals surface area contributed by atoms with Crippen molar-refractivity contribution in [3.05, 3.63) is 82.9 Å². The Labute approximate surface area is 142 Å². The molecule has 0 aliphatic carbocycles. The van der Waals surface area contributed by atoms with E-state index in [2.05, 4.69) is 24.8 Å². The molecule has 3 rings (SSSR count). The number of carbonyl (C=O) groups excluding carboxylic acids is 1. The third kappa shape index (κ3) is 3.32. The van der Waals surface area contributed by atoms with Gasteiger partial charge in [-0.1, -0.05) is 54.1 Å². The van der Waals surface area contributed by atoms with Gasteiger partial charge in [0.25, 0.3) is 0 Å². The van der Waals surface area contributed by atoms with E-state index in [-0.39, 0.29) is 11.9 Å². The first-order valence-corrected chi connectivity index (χ1v) is 8.32. The summed E-state index contributed by atoms with van der Waals surface area (Å²) >= 11 is 6.03. The van der Waals surface area contributed by atoms with Gasteiger partial charge < -0.3 is 4.90 Å². The van der Waals surface area contributed by atoms with E-state index < -0.39 is 0 Å². The highest BCUT2D eigenvalue weighted by atomic mass is 35.5. The zero-order chi connectivity index (χ0) is 16.2. The molecular formula is C20H20ClNO. The summed E-state index contributed by atoms with van der Waals surface area (Å²) in [6.07, 6.45) is 3.92. The summed E-state index contributed by atoms with van der Waals surface area (Å²) in [5, 5.41) is 0.711. The van der Waals surface area contributed by atoms with Crippen molar-refractivity contribution < 1.29 is 4.79 Å². The minimum atomic E-state index is -0.0328. The molecule has 0 spiro atoms. The fourth-order valence-electron chi connectivity index (χ4n) is 3.21. The normalized spacial score (nSPS) is 16.7. The maximum Gasteiger partial charge on any atom is 0.223 e. The van der Waals surface area contributed by atoms with E-state index in [9.17, 15) is 4.79 Å². The molecule has 0 saturated carbocycles. The molecule has 0 aromatic heterocycles. The van der Waals surface area contributed by atoms with Gasteiger partial charge in [-0.2, -0.15) is 0 Å². The van der Waals surface area contributed by atoms with E-state index in [1.807, 2.05) is 35.2 Å². The predicted molar refractivity (Wildman–Crippen MR) is 94.6 cm³/mol. The standard InChI is InChI=1S/C20H20ClNO/c1-2-3-8-19(23)22-14-13-15-6-4-5-7-18(15)20(22)16-9-11-17(21)12-10-16/h2,4-7,9-12,20H,1,3,8,13-14H2. The maximum absolute atomic E-state index is 12.7. The van der Waals surface area contributed by atoms with Gasteiger partial charge in [-0.3, -0.25) is 4.79 Å². The van der Waals surface area contributed by atoms with Crippen molar-refractivity contribution in [2.45, 2.75) is 25.3 Å². The van der Waals surface area contributed by atoms with Crippen molar-refractivity contribution in [3.8, 4) is 0 Å². The van der Waals surface area contributed by atoms with Gasteiger partial charge in [-0.05, 0) is 41.7 Å². The summed E-state index contributed by atoms with van der Waals surface area (Å²) in [5.41, 5.74) is 3.64. The number of amides is 1. The Morgan fingerprint density at radius 2 is 1.96 bits per heavy atom. The molecule has 2 aromatic rings. The van der Waals surface area contributed by atoms with Crippen molar-refractivity contribution in [2.24, 2.45) is 0 Å². The zero-order valence-electron chi connectivity index (χ0n) is 13.0. The number of fused-ring (bicyclic) bond motifs is 1. The van der Waals surface area contributed by atoms with E-state index in [4.69, 9.17) is 11.6 Å². The van der Waals surface area contributed by atoms with Gasteiger partial charge in [0.05, 0.1) is 6.04 Å². The Morgan fingerprint density at radius 1 is 1.22 bits per heavy atom. The lowest BCUT2D eigenvalue weighted by Gasteiger charge is -2.38. The summed E-state index contributed by atoms with van der Waals surface area (Å²) in [5.74, 6) is 0.180. The molecule has 0 bridgehead atoms. The van der Waals surface area contributed by atoms with Crippen LogP contribution in [0.1, 0.15) is 35.6 Å². The van der Waals surface area contributed by atoms with Gasteiger partial charge >= 0.3 is 0 Å². The topological polar surface area (TPSA) is 20.3 Å². The van der Waals surface area contributed by atoms with Crippen molar-refractivity contribution in [1.29, 1.82) is 0 Å². The highest BCUT2D eigenvalue weighted by Gasteiger charge is 2.31. The highest BCUT2D eigenvalue weighted by molar-refractivity contribution is 6.30. The average molecular weight is 326 g/mol. The molecule has 1 heterocycles. The number of rotatable bonds is 4. The van der Waals surface area contributed by atoms with Crippen LogP contribution in [0.4, 0.5) is 0 Å². The lowest BCUT2D eigenvalue weighted by Crippen LogP contribution is -2.40. The van der Waals surface area contributed by atoms with Crippen molar-refractivity contribution in [1.82, 2.24) is 4.90 Å². The molecule has 118 valence electrons. The Bertz CT molecular complexity index is 708. The second-order valence-corrected chi connectivity index (χ2v) is 6.25. The number of allylic oxidation sites excluding steroid dienone is 1. The molecule has 2 aromatic carbocycles. The second-order valence-electron chi connectivity index (χ2n) is 5.82. The lowest BCUT2D eigenvalue weighted by atomic mass is 9.88. The molecule has 23 heavy (non-hydrogen) atoms. The molecule has 1 amide bonds. The third-order valence-corrected chi connectivity index (χ3v) is 4.60. The largest absolute Gasteiger partial charge is 0.331 e. The SMILES string of the molecule is C=CCCC(=O)N1CCc2ccccc2C1c1ccc(Cl)cc1. The van der Waals surface area contributed by atoms with Crippen molar-refractivity contribution >= 4 is 17.5 Å². The maximum atomic E-state index is 12.7. The van der Waals surface area contributed by atoms with Gasteiger partial charge in [0.2, 0.25) is 5.91 Å². The number of halogens is 1. The molecule has 1 atom stereocenters. The second kappa shape index (κ2) is 7.01. The molecule has 0 radical (unpaired) electrons. The van der Waals surface area contributed by atoms with E-state index in [0.29, 0.717) is 17.9 Å². The van der Waals surface area contributed by atoms with Gasteiger partial charge in [0, 0.05) is 18.0 Å². The Balaban J connectivity index is 2.01. The van der Waals surface area contributed by atoms with E-state index >= 15 is 0 Å². The van der Waals surface area contributed by atoms with Crippen LogP contribution in [0.3, 0.4) is 0 Å². The molecule has 1 aliphatic heterocycles. The Hall–Kier alpha value is -2.06. The summed E-state index contributed by atoms with van der Waals surface area (Å²) in [6, 6.07) is 16.2. The van der Waals surface area contributed by atoms with Crippen LogP contribution < -0.4 is 0 Å². The van der Waals surface area contributed by atoms with Crippen LogP contribution in [-0.4, -0.2) is 17.4 Å². The minimum absolute atomic E-state index is 0.0328. The number of hydrogen-bond acceptors (Lipinski definition) is 1. The Kier molecular flexibility index (Phi) is 4.82. The van der Waals surface area contributed by atoms with Crippen LogP contribution in [0.15, 0.2) is 61.2 Å². The number of benzene rings is 2. The molecule has 0 fully saturated rings. The van der Waals surface area contributed by atoms with E-state index in [0.717, 1.165) is 18.5 Å². The molecular weight excluding hydrogens is 306 g/mol. The van der Waals surface area contributed by atoms with Gasteiger partial charge in [-0.25, -0.2) is 0 Å². The third-order valence-electron chi connectivity index (χ3n) is 4.35. The lowest BCUT2D eigenvalue weighted by molar-refractivity contribution is -0.133. The van der Waals surface area contributed by atoms with Crippen LogP contribution in [-0.2, 0) is 11.2 Å². The summed E-state index contributed by atoms with van der Waals surface area (Å²) in [4.78, 5) is 14.7. The van der Waals surface area contributed by atoms with Gasteiger partial charge in [-0.15, -0.1) is 6.58 Å². The first-order chi connectivity index (χ1) is 11.2. The number of carbonyl (C=O) groups is 1. The fraction of sp³-hybridized carbons (Fsp3) is 0.250. The fourth-order valence-corrected chi connectivity index (χ4v) is 3.33. The number of hydrogen-bond donors (Lipinski definition) is 0. The quantitative estimate of drug-likeness (QED) is 0.741. The van der Waals surface area contributed by atoms with Crippen LogP contribution in [0, 0.1) is 0 Å². The molecule has 0 saturated heterocycles. The van der Waals surface area contributed by atoms with Crippen LogP contribution in [0.2, 0.25) is 5.02 Å². The summed E-state index contributed by atoms with van der Waals surface area (Å²) in [7, 11) is 0. The molecule has 3 heteroatoms. The monoisotopic (exact) mass is 325 g/mol. The van der Waals surface area contributed by atoms with Crippen LogP contribution >= 0.6 is 11.6 Å². The van der Waals surface area contributed by atoms with Crippen molar-refractivity contribution in [2.75, 3.05) is 6.54 Å². The smallest absolute Gasteiger partial charge is 0.223 e. The van der Waals surface area contributed by atoms with Gasteiger partial charge in [0.1, 0.15) is 0 Å². The van der Waals surface area contributed by atoms with E-state index in [1.165, 1.54) is 11.1 Å². The zero-order valence-corrected chi connectivity index (χ0v) is 13.8. The molecule has 0 N–H and O–H groups in total. The van der Waals surface area contributed by atoms with E-state index in [1.54, 1.807) is 6.08 Å². The van der Waals surface area contributed by atoms with Crippen LogP contribution in [0.25, 0.3) is 0 Å².